The third-order valence-electron chi connectivity index (χ3n) is 3.33. The molecule has 6 heteroatoms. The van der Waals surface area contributed by atoms with Crippen LogP contribution in [0.15, 0.2) is 0 Å². The third-order valence-corrected chi connectivity index (χ3v) is 6.20. The Morgan fingerprint density at radius 3 is 2.38 bits per heavy atom. The van der Waals surface area contributed by atoms with Crippen LogP contribution in [-0.2, 0) is 10.0 Å². The second-order valence-corrected chi connectivity index (χ2v) is 7.08. The fraction of sp³-hybridized carbons (Fsp3) is 0.900. The summed E-state index contributed by atoms with van der Waals surface area (Å²) < 4.78 is 25.9. The van der Waals surface area contributed by atoms with Gasteiger partial charge >= 0.3 is 0 Å². The van der Waals surface area contributed by atoms with Gasteiger partial charge in [-0.2, -0.15) is 0 Å². The lowest BCUT2D eigenvalue weighted by atomic mass is 10.2. The smallest absolute Gasteiger partial charge is 0.223 e. The van der Waals surface area contributed by atoms with Crippen molar-refractivity contribution < 1.29 is 8.42 Å². The molecule has 0 heterocycles. The summed E-state index contributed by atoms with van der Waals surface area (Å²) in [7, 11) is -1.76. The molecule has 94 valence electrons. The van der Waals surface area contributed by atoms with Gasteiger partial charge in [-0.1, -0.05) is 19.1 Å². The highest BCUT2D eigenvalue weighted by atomic mass is 32.2. The Balaban J connectivity index is 2.86. The number of thiocarbonyl (C=S) groups is 1. The van der Waals surface area contributed by atoms with Gasteiger partial charge in [0.15, 0.2) is 0 Å². The van der Waals surface area contributed by atoms with Gasteiger partial charge in [-0.25, -0.2) is 12.7 Å². The van der Waals surface area contributed by atoms with Crippen molar-refractivity contribution in [2.24, 2.45) is 11.7 Å². The highest BCUT2D eigenvalue weighted by Gasteiger charge is 2.39. The number of nitrogens with two attached hydrogens (primary N) is 1. The van der Waals surface area contributed by atoms with Crippen molar-refractivity contribution in [1.82, 2.24) is 4.31 Å². The minimum atomic E-state index is -3.39. The Morgan fingerprint density at radius 2 is 2.06 bits per heavy atom. The average molecular weight is 264 g/mol. The fourth-order valence-corrected chi connectivity index (χ4v) is 4.15. The molecule has 2 N–H and O–H groups in total. The van der Waals surface area contributed by atoms with Gasteiger partial charge in [0.1, 0.15) is 5.25 Å². The standard InChI is InChI=1S/C10H20N2O2S2/c1-4-9(10(11)15)16(13,14)12(3)7(2)8-5-6-8/h7-9H,4-6H2,1-3H3,(H2,11,15). The van der Waals surface area contributed by atoms with Gasteiger partial charge in [-0.05, 0) is 32.1 Å². The lowest BCUT2D eigenvalue weighted by molar-refractivity contribution is 0.355. The Morgan fingerprint density at radius 1 is 1.56 bits per heavy atom. The van der Waals surface area contributed by atoms with Crippen molar-refractivity contribution in [3.8, 4) is 0 Å². The molecule has 1 aliphatic carbocycles. The molecule has 4 nitrogen and oxygen atoms in total. The number of hydrogen-bond donors (Lipinski definition) is 1. The van der Waals surface area contributed by atoms with E-state index in [1.807, 2.05) is 6.92 Å². The number of nitrogens with zero attached hydrogens (tertiary/aromatic N) is 1. The molecule has 0 bridgehead atoms. The zero-order chi connectivity index (χ0) is 12.5. The quantitative estimate of drug-likeness (QED) is 0.730. The van der Waals surface area contributed by atoms with Gasteiger partial charge in [-0.15, -0.1) is 0 Å². The summed E-state index contributed by atoms with van der Waals surface area (Å²) in [5.74, 6) is 0.503. The zero-order valence-corrected chi connectivity index (χ0v) is 11.6. The molecule has 0 aromatic heterocycles. The van der Waals surface area contributed by atoms with Gasteiger partial charge in [0, 0.05) is 13.1 Å². The van der Waals surface area contributed by atoms with Crippen molar-refractivity contribution in [1.29, 1.82) is 0 Å². The summed E-state index contributed by atoms with van der Waals surface area (Å²) >= 11 is 4.82. The maximum atomic E-state index is 12.2. The summed E-state index contributed by atoms with van der Waals surface area (Å²) in [6.45, 7) is 3.73. The molecule has 0 saturated heterocycles. The van der Waals surface area contributed by atoms with E-state index < -0.39 is 15.3 Å². The van der Waals surface area contributed by atoms with Crippen LogP contribution in [0.2, 0.25) is 0 Å². The summed E-state index contributed by atoms with van der Waals surface area (Å²) in [6.07, 6.45) is 2.66. The summed E-state index contributed by atoms with van der Waals surface area (Å²) in [5.41, 5.74) is 5.49. The van der Waals surface area contributed by atoms with Crippen molar-refractivity contribution in [2.75, 3.05) is 7.05 Å². The van der Waals surface area contributed by atoms with E-state index in [9.17, 15) is 8.42 Å². The SMILES string of the molecule is CCC(C(N)=S)S(=O)(=O)N(C)C(C)C1CC1. The first kappa shape index (κ1) is 13.9. The summed E-state index contributed by atoms with van der Waals surface area (Å²) in [5, 5.41) is -0.728. The zero-order valence-electron chi connectivity index (χ0n) is 10.0. The van der Waals surface area contributed by atoms with E-state index in [1.54, 1.807) is 14.0 Å². The lowest BCUT2D eigenvalue weighted by Gasteiger charge is -2.28. The molecule has 2 unspecified atom stereocenters. The van der Waals surface area contributed by atoms with Gasteiger partial charge in [0.05, 0.1) is 4.99 Å². The van der Waals surface area contributed by atoms with Crippen LogP contribution < -0.4 is 5.73 Å². The van der Waals surface area contributed by atoms with Crippen LogP contribution in [0.3, 0.4) is 0 Å². The van der Waals surface area contributed by atoms with Crippen LogP contribution in [0.4, 0.5) is 0 Å². The molecule has 0 amide bonds. The topological polar surface area (TPSA) is 63.4 Å². The predicted octanol–water partition coefficient (Wildman–Crippen LogP) is 1.11. The van der Waals surface area contributed by atoms with Crippen LogP contribution in [0.25, 0.3) is 0 Å². The average Bonchev–Trinajstić information content (AvgIpc) is 2.98. The Labute approximate surface area is 103 Å². The van der Waals surface area contributed by atoms with Gasteiger partial charge in [-0.3, -0.25) is 0 Å². The third kappa shape index (κ3) is 2.73. The van der Waals surface area contributed by atoms with Crippen LogP contribution in [-0.4, -0.2) is 36.1 Å². The van der Waals surface area contributed by atoms with Crippen LogP contribution in [0.5, 0.6) is 0 Å². The maximum Gasteiger partial charge on any atom is 0.223 e. The molecule has 0 spiro atoms. The first-order chi connectivity index (χ1) is 7.32. The molecule has 0 radical (unpaired) electrons. The fourth-order valence-electron chi connectivity index (χ4n) is 1.87. The van der Waals surface area contributed by atoms with Crippen molar-refractivity contribution in [3.05, 3.63) is 0 Å². The molecular formula is C10H20N2O2S2. The minimum Gasteiger partial charge on any atom is -0.392 e. The molecule has 1 rings (SSSR count). The highest BCUT2D eigenvalue weighted by Crippen LogP contribution is 2.36. The second-order valence-electron chi connectivity index (χ2n) is 4.44. The Hall–Kier alpha value is -0.200. The van der Waals surface area contributed by atoms with Gasteiger partial charge in [0.25, 0.3) is 0 Å². The number of rotatable bonds is 6. The molecule has 0 aromatic rings. The van der Waals surface area contributed by atoms with Gasteiger partial charge < -0.3 is 5.73 Å². The van der Waals surface area contributed by atoms with Crippen molar-refractivity contribution in [3.63, 3.8) is 0 Å². The first-order valence-corrected chi connectivity index (χ1v) is 7.49. The summed E-state index contributed by atoms with van der Waals surface area (Å²) in [4.78, 5) is 0.0670. The molecule has 1 fully saturated rings. The molecule has 1 aliphatic rings. The highest BCUT2D eigenvalue weighted by molar-refractivity contribution is 7.92. The van der Waals surface area contributed by atoms with Crippen LogP contribution >= 0.6 is 12.2 Å². The molecular weight excluding hydrogens is 244 g/mol. The maximum absolute atomic E-state index is 12.2. The van der Waals surface area contributed by atoms with E-state index >= 15 is 0 Å². The van der Waals surface area contributed by atoms with Gasteiger partial charge in [0.2, 0.25) is 10.0 Å². The number of hydrogen-bond acceptors (Lipinski definition) is 3. The number of sulfonamides is 1. The van der Waals surface area contributed by atoms with E-state index in [1.165, 1.54) is 4.31 Å². The molecule has 1 saturated carbocycles. The van der Waals surface area contributed by atoms with Crippen LogP contribution in [0.1, 0.15) is 33.1 Å². The summed E-state index contributed by atoms with van der Waals surface area (Å²) in [6, 6.07) is 0.0494. The van der Waals surface area contributed by atoms with E-state index in [2.05, 4.69) is 0 Å². The first-order valence-electron chi connectivity index (χ1n) is 5.58. The Bertz CT molecular complexity index is 363. The van der Waals surface area contributed by atoms with Crippen LogP contribution in [0, 0.1) is 5.92 Å². The van der Waals surface area contributed by atoms with Crippen molar-refractivity contribution >= 4 is 27.2 Å². The van der Waals surface area contributed by atoms with E-state index in [0.29, 0.717) is 12.3 Å². The van der Waals surface area contributed by atoms with E-state index in [-0.39, 0.29) is 11.0 Å². The molecule has 16 heavy (non-hydrogen) atoms. The minimum absolute atomic E-state index is 0.0494. The molecule has 0 aliphatic heterocycles. The Kier molecular flexibility index (Phi) is 4.31. The van der Waals surface area contributed by atoms with E-state index in [0.717, 1.165) is 12.8 Å². The van der Waals surface area contributed by atoms with E-state index in [4.69, 9.17) is 18.0 Å². The second kappa shape index (κ2) is 4.98. The molecule has 0 aromatic carbocycles. The largest absolute Gasteiger partial charge is 0.392 e. The lowest BCUT2D eigenvalue weighted by Crippen LogP contribution is -2.46. The molecule has 2 atom stereocenters. The normalized spacial score (nSPS) is 20.8. The predicted molar refractivity (Wildman–Crippen MR) is 69.7 cm³/mol. The van der Waals surface area contributed by atoms with Crippen molar-refractivity contribution in [2.45, 2.75) is 44.4 Å². The monoisotopic (exact) mass is 264 g/mol.